The molecule has 3 rings (SSSR count). The summed E-state index contributed by atoms with van der Waals surface area (Å²) < 4.78 is 18.8. The molecule has 2 aromatic carbocycles. The quantitative estimate of drug-likeness (QED) is 0.606. The molecule has 0 aromatic heterocycles. The molecule has 1 aliphatic carbocycles. The minimum Gasteiger partial charge on any atom is -0.478 e. The molecular weight excluding hydrogens is 383 g/mol. The monoisotopic (exact) mass is 406 g/mol. The lowest BCUT2D eigenvalue weighted by atomic mass is 9.72. The highest BCUT2D eigenvalue weighted by molar-refractivity contribution is 6.16. The van der Waals surface area contributed by atoms with Crippen LogP contribution in [0.1, 0.15) is 53.6 Å². The summed E-state index contributed by atoms with van der Waals surface area (Å²) in [6.45, 7) is 6.03. The third kappa shape index (κ3) is 4.28. The van der Waals surface area contributed by atoms with Gasteiger partial charge in [0.1, 0.15) is 5.82 Å². The normalized spacial score (nSPS) is 14.1. The lowest BCUT2D eigenvalue weighted by molar-refractivity contribution is -0.139. The first-order valence-electron chi connectivity index (χ1n) is 9.58. The number of rotatable bonds is 3. The van der Waals surface area contributed by atoms with Crippen molar-refractivity contribution in [3.63, 3.8) is 0 Å². The van der Waals surface area contributed by atoms with Gasteiger partial charge in [-0.25, -0.2) is 9.18 Å². The van der Waals surface area contributed by atoms with Crippen LogP contribution < -0.4 is 0 Å². The molecule has 1 N–H and O–H groups in total. The highest BCUT2D eigenvalue weighted by atomic mass is 19.1. The van der Waals surface area contributed by atoms with E-state index in [1.807, 2.05) is 19.1 Å². The Kier molecular flexibility index (Phi) is 5.80. The zero-order valence-corrected chi connectivity index (χ0v) is 17.4. The predicted octanol–water partition coefficient (Wildman–Crippen LogP) is 4.40. The Morgan fingerprint density at radius 2 is 1.93 bits per heavy atom. The van der Waals surface area contributed by atoms with E-state index in [4.69, 9.17) is 0 Å². The fourth-order valence-electron chi connectivity index (χ4n) is 3.54. The van der Waals surface area contributed by atoms with E-state index in [2.05, 4.69) is 30.4 Å². The first-order valence-corrected chi connectivity index (χ1v) is 9.58. The Morgan fingerprint density at radius 3 is 2.57 bits per heavy atom. The number of fused-ring (bicyclic) bond motifs is 1. The fraction of sp³-hybridized carbons (Fsp3) is 0.280. The Balaban J connectivity index is 1.97. The molecule has 0 atom stereocenters. The summed E-state index contributed by atoms with van der Waals surface area (Å²) in [6, 6.07) is 8.30. The van der Waals surface area contributed by atoms with Gasteiger partial charge < -0.3 is 9.84 Å². The number of carbonyl (C=O) groups is 2. The zero-order chi connectivity index (χ0) is 22.1. The van der Waals surface area contributed by atoms with Crippen LogP contribution >= 0.6 is 0 Å². The van der Waals surface area contributed by atoms with Crippen molar-refractivity contribution in [3.05, 3.63) is 75.6 Å². The number of esters is 1. The minimum atomic E-state index is -0.937. The van der Waals surface area contributed by atoms with Gasteiger partial charge in [-0.2, -0.15) is 0 Å². The summed E-state index contributed by atoms with van der Waals surface area (Å²) in [5, 5.41) is 9.53. The molecule has 1 aliphatic rings. The number of allylic oxidation sites excluding steroid dienone is 1. The van der Waals surface area contributed by atoms with Gasteiger partial charge in [-0.15, -0.1) is 0 Å². The molecule has 2 aromatic rings. The SMILES string of the molecule is COC(=O)Cc1ccc(C#Cc2cc3c(cc2C)C(C(=O)O)=CCC3(C)C)cc1F. The van der Waals surface area contributed by atoms with E-state index in [1.165, 1.54) is 19.2 Å². The van der Waals surface area contributed by atoms with E-state index in [9.17, 15) is 19.1 Å². The summed E-state index contributed by atoms with van der Waals surface area (Å²) in [6.07, 6.45) is 2.27. The molecule has 0 spiro atoms. The number of carboxylic acid groups (broad SMARTS) is 1. The smallest absolute Gasteiger partial charge is 0.335 e. The van der Waals surface area contributed by atoms with Crippen molar-refractivity contribution < 1.29 is 23.8 Å². The Hall–Kier alpha value is -3.39. The van der Waals surface area contributed by atoms with Gasteiger partial charge in [0.25, 0.3) is 0 Å². The van der Waals surface area contributed by atoms with Crippen LogP contribution in [0.3, 0.4) is 0 Å². The number of hydrogen-bond acceptors (Lipinski definition) is 3. The van der Waals surface area contributed by atoms with Gasteiger partial charge in [0.15, 0.2) is 0 Å². The number of aliphatic carboxylic acids is 1. The molecule has 0 amide bonds. The molecule has 0 unspecified atom stereocenters. The summed E-state index contributed by atoms with van der Waals surface area (Å²) in [5.41, 5.74) is 4.14. The van der Waals surface area contributed by atoms with E-state index in [1.54, 1.807) is 12.1 Å². The van der Waals surface area contributed by atoms with Gasteiger partial charge >= 0.3 is 11.9 Å². The first kappa shape index (κ1) is 21.3. The molecular formula is C25H23FO4. The topological polar surface area (TPSA) is 63.6 Å². The second kappa shape index (κ2) is 8.16. The third-order valence-corrected chi connectivity index (χ3v) is 5.39. The van der Waals surface area contributed by atoms with Crippen LogP contribution in [0.5, 0.6) is 0 Å². The molecule has 0 bridgehead atoms. The van der Waals surface area contributed by atoms with E-state index < -0.39 is 17.8 Å². The largest absolute Gasteiger partial charge is 0.478 e. The van der Waals surface area contributed by atoms with Gasteiger partial charge in [0.2, 0.25) is 0 Å². The third-order valence-electron chi connectivity index (χ3n) is 5.39. The second-order valence-electron chi connectivity index (χ2n) is 8.03. The van der Waals surface area contributed by atoms with Crippen molar-refractivity contribution in [2.24, 2.45) is 0 Å². The molecule has 5 heteroatoms. The van der Waals surface area contributed by atoms with Crippen molar-refractivity contribution in [1.82, 2.24) is 0 Å². The number of aryl methyl sites for hydroxylation is 1. The first-order chi connectivity index (χ1) is 14.1. The standard InChI is InChI=1S/C25H23FO4/c1-15-11-20-19(24(28)29)9-10-25(2,3)21(20)13-17(15)7-5-16-6-8-18(22(26)12-16)14-23(27)30-4/h6,8-9,11-13H,10,14H2,1-4H3,(H,28,29). The minimum absolute atomic E-state index is 0.130. The molecule has 0 heterocycles. The molecule has 0 saturated carbocycles. The second-order valence-corrected chi connectivity index (χ2v) is 8.03. The number of benzene rings is 2. The predicted molar refractivity (Wildman–Crippen MR) is 113 cm³/mol. The highest BCUT2D eigenvalue weighted by Gasteiger charge is 2.31. The fourth-order valence-corrected chi connectivity index (χ4v) is 3.54. The van der Waals surface area contributed by atoms with Crippen molar-refractivity contribution >= 4 is 17.5 Å². The maximum absolute atomic E-state index is 14.3. The summed E-state index contributed by atoms with van der Waals surface area (Å²) in [5.74, 6) is 4.10. The van der Waals surface area contributed by atoms with E-state index >= 15 is 0 Å². The number of hydrogen-bond donors (Lipinski definition) is 1. The average molecular weight is 406 g/mol. The number of carbonyl (C=O) groups excluding carboxylic acids is 1. The van der Waals surface area contributed by atoms with Crippen LogP contribution in [-0.4, -0.2) is 24.2 Å². The molecule has 0 radical (unpaired) electrons. The van der Waals surface area contributed by atoms with Crippen LogP contribution in [0.15, 0.2) is 36.4 Å². The number of carboxylic acids is 1. The summed E-state index contributed by atoms with van der Waals surface area (Å²) >= 11 is 0. The highest BCUT2D eigenvalue weighted by Crippen LogP contribution is 2.40. The van der Waals surface area contributed by atoms with Gasteiger partial charge in [-0.1, -0.05) is 37.8 Å². The van der Waals surface area contributed by atoms with E-state index in [0.29, 0.717) is 17.6 Å². The zero-order valence-electron chi connectivity index (χ0n) is 17.4. The number of halogens is 1. The van der Waals surface area contributed by atoms with Crippen molar-refractivity contribution in [2.75, 3.05) is 7.11 Å². The van der Waals surface area contributed by atoms with Crippen LogP contribution in [-0.2, 0) is 26.2 Å². The molecule has 0 aliphatic heterocycles. The Bertz CT molecular complexity index is 1130. The molecule has 30 heavy (non-hydrogen) atoms. The van der Waals surface area contributed by atoms with Crippen molar-refractivity contribution in [2.45, 2.75) is 39.0 Å². The van der Waals surface area contributed by atoms with Gasteiger partial charge in [0, 0.05) is 11.1 Å². The Morgan fingerprint density at radius 1 is 1.20 bits per heavy atom. The van der Waals surface area contributed by atoms with Crippen molar-refractivity contribution in [3.8, 4) is 11.8 Å². The Labute approximate surface area is 175 Å². The maximum Gasteiger partial charge on any atom is 0.335 e. The average Bonchev–Trinajstić information content (AvgIpc) is 2.68. The van der Waals surface area contributed by atoms with Crippen LogP contribution in [0, 0.1) is 24.6 Å². The molecule has 4 nitrogen and oxygen atoms in total. The molecule has 0 fully saturated rings. The number of methoxy groups -OCH3 is 1. The molecule has 154 valence electrons. The van der Waals surface area contributed by atoms with Crippen LogP contribution in [0.25, 0.3) is 5.57 Å². The van der Waals surface area contributed by atoms with Gasteiger partial charge in [0.05, 0.1) is 19.1 Å². The van der Waals surface area contributed by atoms with E-state index in [0.717, 1.165) is 22.3 Å². The number of ether oxygens (including phenoxy) is 1. The van der Waals surface area contributed by atoms with Crippen molar-refractivity contribution in [1.29, 1.82) is 0 Å². The van der Waals surface area contributed by atoms with Gasteiger partial charge in [-0.05, 0) is 65.3 Å². The lowest BCUT2D eigenvalue weighted by Crippen LogP contribution is -2.24. The summed E-state index contributed by atoms with van der Waals surface area (Å²) in [7, 11) is 1.26. The maximum atomic E-state index is 14.3. The van der Waals surface area contributed by atoms with Crippen LogP contribution in [0.2, 0.25) is 0 Å². The molecule has 0 saturated heterocycles. The summed E-state index contributed by atoms with van der Waals surface area (Å²) in [4.78, 5) is 23.0. The van der Waals surface area contributed by atoms with E-state index in [-0.39, 0.29) is 17.4 Å². The van der Waals surface area contributed by atoms with Crippen LogP contribution in [0.4, 0.5) is 4.39 Å². The van der Waals surface area contributed by atoms with Gasteiger partial charge in [-0.3, -0.25) is 4.79 Å². The lowest BCUT2D eigenvalue weighted by Gasteiger charge is -2.31.